The number of esters is 2. The Morgan fingerprint density at radius 2 is 1.50 bits per heavy atom. The van der Waals surface area contributed by atoms with Crippen molar-refractivity contribution in [3.63, 3.8) is 0 Å². The van der Waals surface area contributed by atoms with Gasteiger partial charge in [0.1, 0.15) is 12.6 Å². The van der Waals surface area contributed by atoms with E-state index in [9.17, 15) is 36.0 Å². The largest absolute Gasteiger partial charge is 0.466 e. The van der Waals surface area contributed by atoms with E-state index in [4.69, 9.17) is 21.1 Å². The highest BCUT2D eigenvalue weighted by Gasteiger charge is 2.32. The van der Waals surface area contributed by atoms with Crippen LogP contribution in [0.5, 0.6) is 0 Å². The Balaban J connectivity index is 0.964. The molecule has 0 radical (unpaired) electrons. The predicted molar refractivity (Wildman–Crippen MR) is 322 cm³/mol. The highest BCUT2D eigenvalue weighted by atomic mass is 35.5. The van der Waals surface area contributed by atoms with Gasteiger partial charge < -0.3 is 25.0 Å². The number of halogens is 1. The molecule has 0 aromatic heterocycles. The molecule has 0 unspecified atom stereocenters. The molecule has 2 saturated heterocycles. The molecule has 15 nitrogen and oxygen atoms in total. The van der Waals surface area contributed by atoms with Crippen LogP contribution in [0, 0.1) is 5.92 Å². The number of sulfonamides is 1. The number of sulfone groups is 1. The van der Waals surface area contributed by atoms with Crippen molar-refractivity contribution in [2.75, 3.05) is 61.6 Å². The number of nitrogens with zero attached hydrogens (tertiary/aromatic N) is 2. The van der Waals surface area contributed by atoms with Crippen LogP contribution in [0.1, 0.15) is 80.6 Å². The minimum Gasteiger partial charge on any atom is -0.466 e. The Kier molecular flexibility index (Phi) is 21.9. The van der Waals surface area contributed by atoms with E-state index >= 15 is 0 Å². The molecule has 0 spiro atoms. The molecule has 0 aliphatic carbocycles. The number of carbonyl (C=O) groups excluding carboxylic acids is 4. The molecule has 430 valence electrons. The molecule has 2 aliphatic rings. The van der Waals surface area contributed by atoms with Crippen molar-refractivity contribution in [2.24, 2.45) is 5.92 Å². The zero-order valence-corrected chi connectivity index (χ0v) is 50.8. The van der Waals surface area contributed by atoms with Gasteiger partial charge in [-0.25, -0.2) is 26.4 Å². The first-order chi connectivity index (χ1) is 38.0. The smallest absolute Gasteiger partial charge is 0.328 e. The first-order valence-electron chi connectivity index (χ1n) is 27.4. The van der Waals surface area contributed by atoms with Crippen molar-refractivity contribution in [3.05, 3.63) is 137 Å². The summed E-state index contributed by atoms with van der Waals surface area (Å²) < 4.78 is 67.9. The molecule has 2 heterocycles. The van der Waals surface area contributed by atoms with Crippen LogP contribution in [0.2, 0.25) is 30.7 Å². The third kappa shape index (κ3) is 18.1. The minimum atomic E-state index is -4.54. The van der Waals surface area contributed by atoms with Gasteiger partial charge in [-0.1, -0.05) is 92.8 Å². The van der Waals surface area contributed by atoms with Gasteiger partial charge in [-0.2, -0.15) is 0 Å². The van der Waals surface area contributed by atoms with Crippen LogP contribution < -0.4 is 20.3 Å². The number of likely N-dealkylation sites (tertiary alicyclic amines) is 1. The van der Waals surface area contributed by atoms with Gasteiger partial charge >= 0.3 is 11.9 Å². The quantitative estimate of drug-likeness (QED) is 0.0268. The Labute approximate surface area is 483 Å². The van der Waals surface area contributed by atoms with Crippen molar-refractivity contribution in [3.8, 4) is 11.1 Å². The average Bonchev–Trinajstić information content (AvgIpc) is 3.90. The molecule has 0 bridgehead atoms. The molecule has 20 heteroatoms. The van der Waals surface area contributed by atoms with Crippen molar-refractivity contribution in [2.45, 2.75) is 123 Å². The molecule has 0 saturated carbocycles. The molecular weight excluding hydrogens is 1110 g/mol. The van der Waals surface area contributed by atoms with Gasteiger partial charge in [-0.3, -0.25) is 19.3 Å². The maximum Gasteiger partial charge on any atom is 0.328 e. The minimum absolute atomic E-state index is 0.0156. The molecular formula is C60H76ClN5O10S3Si. The van der Waals surface area contributed by atoms with Gasteiger partial charge in [0.05, 0.1) is 22.1 Å². The first-order valence-corrected chi connectivity index (χ1v) is 35.9. The second-order valence-corrected chi connectivity index (χ2v) is 33.0. The summed E-state index contributed by atoms with van der Waals surface area (Å²) in [6, 6.07) is 36.4. The third-order valence-electron chi connectivity index (χ3n) is 14.9. The van der Waals surface area contributed by atoms with Gasteiger partial charge in [-0.05, 0) is 146 Å². The summed E-state index contributed by atoms with van der Waals surface area (Å²) >= 11 is 7.78. The summed E-state index contributed by atoms with van der Waals surface area (Å²) in [5, 5.41) is 6.76. The number of piperidine rings is 1. The summed E-state index contributed by atoms with van der Waals surface area (Å²) in [4.78, 5) is 56.2. The van der Waals surface area contributed by atoms with E-state index < -0.39 is 57.7 Å². The number of benzene rings is 5. The zero-order valence-electron chi connectivity index (χ0n) is 46.6. The fraction of sp³-hybridized carbons (Fsp3) is 0.433. The fourth-order valence-corrected chi connectivity index (χ4v) is 14.2. The van der Waals surface area contributed by atoms with Crippen LogP contribution in [-0.4, -0.2) is 123 Å². The molecule has 7 rings (SSSR count). The van der Waals surface area contributed by atoms with Crippen molar-refractivity contribution < 1.29 is 45.5 Å². The summed E-state index contributed by atoms with van der Waals surface area (Å²) in [6.07, 6.45) is 5.23. The molecule has 2 amide bonds. The third-order valence-corrected chi connectivity index (χ3v) is 20.5. The topological polar surface area (TPSA) is 198 Å². The molecule has 2 fully saturated rings. The normalized spacial score (nSPS) is 16.5. The lowest BCUT2D eigenvalue weighted by Crippen LogP contribution is -2.42. The van der Waals surface area contributed by atoms with Crippen molar-refractivity contribution in [1.82, 2.24) is 14.9 Å². The summed E-state index contributed by atoms with van der Waals surface area (Å²) in [7, 11) is -9.96. The van der Waals surface area contributed by atoms with E-state index in [1.54, 1.807) is 23.9 Å². The summed E-state index contributed by atoms with van der Waals surface area (Å²) in [6.45, 7) is 13.3. The van der Waals surface area contributed by atoms with Crippen LogP contribution in [0.4, 0.5) is 11.4 Å². The van der Waals surface area contributed by atoms with Gasteiger partial charge in [0.15, 0.2) is 9.84 Å². The van der Waals surface area contributed by atoms with Gasteiger partial charge in [0, 0.05) is 86.3 Å². The number of nitrogens with one attached hydrogen (secondary N) is 3. The lowest BCUT2D eigenvalue weighted by molar-refractivity contribution is -0.149. The Hall–Kier alpha value is -5.70. The fourth-order valence-electron chi connectivity index (χ4n) is 10.4. The van der Waals surface area contributed by atoms with Crippen molar-refractivity contribution in [1.29, 1.82) is 0 Å². The number of carbonyl (C=O) groups is 4. The lowest BCUT2D eigenvalue weighted by Gasteiger charge is -2.37. The van der Waals surface area contributed by atoms with Gasteiger partial charge in [0.2, 0.25) is 5.91 Å². The van der Waals surface area contributed by atoms with E-state index in [0.29, 0.717) is 42.2 Å². The molecule has 80 heavy (non-hydrogen) atoms. The van der Waals surface area contributed by atoms with Crippen LogP contribution in [-0.2, 0) is 43.7 Å². The summed E-state index contributed by atoms with van der Waals surface area (Å²) in [5.41, 5.74) is 4.92. The van der Waals surface area contributed by atoms with E-state index in [1.807, 2.05) is 54.6 Å². The molecule has 5 aromatic carbocycles. The van der Waals surface area contributed by atoms with Crippen molar-refractivity contribution >= 4 is 86.4 Å². The summed E-state index contributed by atoms with van der Waals surface area (Å²) in [5.74, 6) is -1.03. The number of thioether (sulfide) groups is 1. The predicted octanol–water partition coefficient (Wildman–Crippen LogP) is 10.7. The number of hydrogen-bond donors (Lipinski definition) is 3. The maximum absolute atomic E-state index is 13.9. The molecule has 2 aliphatic heterocycles. The van der Waals surface area contributed by atoms with Crippen LogP contribution in [0.15, 0.2) is 136 Å². The average molecular weight is 1190 g/mol. The van der Waals surface area contributed by atoms with Gasteiger partial charge in [0.25, 0.3) is 15.9 Å². The number of amides is 2. The highest BCUT2D eigenvalue weighted by molar-refractivity contribution is 7.99. The molecule has 3 N–H and O–H groups in total. The standard InChI is InChI=1S/C60H76ClN5O10S3Si/c1-42(53-16-10-11-17-54(53)45-18-22-47(61)23-19-45)44-30-33-66(34-31-44)49-24-20-46(21-25-49)59(69)64-79(73,74)52-26-27-55(57(40-52)78(3,71)72)63-48(41-77-51-14-8-7-9-15-51)39-50-13-12-32-65(50)35-36-76-60(70)56(62-43(2)67)28-29-58(68)75-37-38-80(4,5)6/h7-11,14-27,40,42,44,48,50,56,63H,12-13,28-39,41H2,1-6H3,(H,62,67)(H,64,69)/t42-,48-,50+,56+/m1/s1. The van der Waals surface area contributed by atoms with E-state index in [1.165, 1.54) is 30.2 Å². The number of ether oxygens (including phenoxy) is 2. The Morgan fingerprint density at radius 1 is 0.812 bits per heavy atom. The van der Waals surface area contributed by atoms with Crippen LogP contribution >= 0.6 is 23.4 Å². The number of anilines is 2. The zero-order chi connectivity index (χ0) is 57.6. The Bertz CT molecular complexity index is 3140. The second-order valence-electron chi connectivity index (χ2n) is 22.1. The number of rotatable bonds is 26. The lowest BCUT2D eigenvalue weighted by atomic mass is 9.78. The number of hydrogen-bond acceptors (Lipinski definition) is 14. The second kappa shape index (κ2) is 28.3. The van der Waals surface area contributed by atoms with Crippen LogP contribution in [0.3, 0.4) is 0 Å². The molecule has 5 aromatic rings. The van der Waals surface area contributed by atoms with Gasteiger partial charge in [-0.15, -0.1) is 11.8 Å². The SMILES string of the molecule is CC(=O)N[C@@H](CCC(=O)OCC[Si](C)(C)C)C(=O)OCCN1CCC[C@H]1C[C@H](CSc1ccccc1)Nc1ccc(S(=O)(=O)NC(=O)c2ccc(N3CCC([C@@H](C)c4ccccc4-c4ccc(Cl)cc4)CC3)cc2)cc1S(C)(=O)=O. The monoisotopic (exact) mass is 1190 g/mol. The first kappa shape index (κ1) is 61.9. The van der Waals surface area contributed by atoms with E-state index in [0.717, 1.165) is 79.8 Å². The van der Waals surface area contributed by atoms with E-state index in [2.05, 4.69) is 88.1 Å². The van der Waals surface area contributed by atoms with E-state index in [-0.39, 0.29) is 52.6 Å². The van der Waals surface area contributed by atoms with Crippen LogP contribution in [0.25, 0.3) is 11.1 Å². The molecule has 4 atom stereocenters. The maximum atomic E-state index is 13.9. The Morgan fingerprint density at radius 3 is 2.17 bits per heavy atom. The highest BCUT2D eigenvalue weighted by Crippen LogP contribution is 2.39.